The highest BCUT2D eigenvalue weighted by molar-refractivity contribution is 8.18. The van der Waals surface area contributed by atoms with Gasteiger partial charge in [-0.05, 0) is 60.2 Å². The van der Waals surface area contributed by atoms with Crippen LogP contribution in [0.3, 0.4) is 0 Å². The largest absolute Gasteiger partial charge is 0.497 e. The van der Waals surface area contributed by atoms with Crippen LogP contribution in [-0.2, 0) is 4.79 Å². The summed E-state index contributed by atoms with van der Waals surface area (Å²) in [7, 11) is 1.64. The van der Waals surface area contributed by atoms with Gasteiger partial charge in [-0.15, -0.1) is 0 Å². The van der Waals surface area contributed by atoms with Gasteiger partial charge in [0.15, 0.2) is 5.17 Å². The predicted octanol–water partition coefficient (Wildman–Crippen LogP) is 6.06. The average Bonchev–Trinajstić information content (AvgIpc) is 3.09. The number of carbonyl (C=O) groups excluding carboxylic acids is 1. The highest BCUT2D eigenvalue weighted by Crippen LogP contribution is 2.39. The second-order valence-corrected chi connectivity index (χ2v) is 7.88. The summed E-state index contributed by atoms with van der Waals surface area (Å²) in [6, 6.07) is 27.3. The molecule has 1 aliphatic heterocycles. The maximum Gasteiger partial charge on any atom is 0.267 e. The number of amidine groups is 1. The van der Waals surface area contributed by atoms with Crippen molar-refractivity contribution >= 4 is 34.6 Å². The zero-order chi connectivity index (χ0) is 20.9. The number of nitrogens with zero attached hydrogens (tertiary/aromatic N) is 2. The van der Waals surface area contributed by atoms with E-state index in [-0.39, 0.29) is 11.9 Å². The number of hydrogen-bond donors (Lipinski definition) is 0. The second kappa shape index (κ2) is 9.01. The van der Waals surface area contributed by atoms with Crippen LogP contribution in [0.1, 0.15) is 24.1 Å². The number of methoxy groups -OCH3 is 1. The summed E-state index contributed by atoms with van der Waals surface area (Å²) in [5.74, 6) is 0.745. The van der Waals surface area contributed by atoms with Crippen molar-refractivity contribution < 1.29 is 9.53 Å². The fourth-order valence-electron chi connectivity index (χ4n) is 3.25. The van der Waals surface area contributed by atoms with E-state index in [0.29, 0.717) is 10.1 Å². The van der Waals surface area contributed by atoms with Crippen LogP contribution >= 0.6 is 11.8 Å². The van der Waals surface area contributed by atoms with Crippen molar-refractivity contribution in [3.8, 4) is 5.75 Å². The summed E-state index contributed by atoms with van der Waals surface area (Å²) < 4.78 is 5.22. The average molecular weight is 415 g/mol. The first-order valence-corrected chi connectivity index (χ1v) is 10.5. The van der Waals surface area contributed by atoms with E-state index >= 15 is 0 Å². The molecule has 0 unspecified atom stereocenters. The monoisotopic (exact) mass is 414 g/mol. The van der Waals surface area contributed by atoms with Crippen LogP contribution in [0, 0.1) is 0 Å². The van der Waals surface area contributed by atoms with Crippen LogP contribution in [0.5, 0.6) is 5.75 Å². The number of aliphatic imine (C=N–C) groups is 1. The van der Waals surface area contributed by atoms with Gasteiger partial charge in [-0.1, -0.05) is 60.7 Å². The smallest absolute Gasteiger partial charge is 0.267 e. The van der Waals surface area contributed by atoms with Gasteiger partial charge in [0, 0.05) is 0 Å². The Morgan fingerprint density at radius 3 is 2.20 bits per heavy atom. The Kier molecular flexibility index (Phi) is 6.00. The SMILES string of the molecule is COc1ccc(/C=C2/SC(=Nc3ccccc3)N([C@H](C)c3ccccc3)C2=O)cc1. The van der Waals surface area contributed by atoms with E-state index in [9.17, 15) is 4.79 Å². The normalized spacial score (nSPS) is 17.5. The lowest BCUT2D eigenvalue weighted by molar-refractivity contribution is -0.123. The predicted molar refractivity (Wildman–Crippen MR) is 124 cm³/mol. The molecule has 0 spiro atoms. The van der Waals surface area contributed by atoms with Crippen LogP contribution in [-0.4, -0.2) is 23.1 Å². The van der Waals surface area contributed by atoms with Gasteiger partial charge in [-0.3, -0.25) is 9.69 Å². The van der Waals surface area contributed by atoms with Crippen molar-refractivity contribution in [2.24, 2.45) is 4.99 Å². The Morgan fingerprint density at radius 1 is 0.933 bits per heavy atom. The van der Waals surface area contributed by atoms with E-state index in [1.54, 1.807) is 12.0 Å². The third kappa shape index (κ3) is 4.31. The minimum absolute atomic E-state index is 0.0400. The number of hydrogen-bond acceptors (Lipinski definition) is 4. The maximum atomic E-state index is 13.4. The van der Waals surface area contributed by atoms with Crippen LogP contribution < -0.4 is 4.74 Å². The van der Waals surface area contributed by atoms with Gasteiger partial charge in [0.05, 0.1) is 23.7 Å². The minimum Gasteiger partial charge on any atom is -0.497 e. The van der Waals surface area contributed by atoms with E-state index in [0.717, 1.165) is 22.6 Å². The molecule has 1 fully saturated rings. The Morgan fingerprint density at radius 2 is 1.57 bits per heavy atom. The van der Waals surface area contributed by atoms with E-state index in [4.69, 9.17) is 9.73 Å². The highest BCUT2D eigenvalue weighted by Gasteiger charge is 2.37. The minimum atomic E-state index is -0.129. The number of benzene rings is 3. The lowest BCUT2D eigenvalue weighted by atomic mass is 10.1. The molecule has 30 heavy (non-hydrogen) atoms. The van der Waals surface area contributed by atoms with Gasteiger partial charge in [0.2, 0.25) is 0 Å². The summed E-state index contributed by atoms with van der Waals surface area (Å²) in [6.45, 7) is 2.03. The number of thioether (sulfide) groups is 1. The summed E-state index contributed by atoms with van der Waals surface area (Å²) in [4.78, 5) is 20.6. The Bertz CT molecular complexity index is 1080. The molecule has 1 aliphatic rings. The molecule has 1 atom stereocenters. The fraction of sp³-hybridized carbons (Fsp3) is 0.120. The third-order valence-corrected chi connectivity index (χ3v) is 5.88. The third-order valence-electron chi connectivity index (χ3n) is 4.90. The first-order chi connectivity index (χ1) is 14.7. The van der Waals surface area contributed by atoms with Crippen molar-refractivity contribution in [3.05, 3.63) is 101 Å². The molecule has 3 aromatic rings. The van der Waals surface area contributed by atoms with Gasteiger partial charge in [-0.2, -0.15) is 0 Å². The number of amides is 1. The quantitative estimate of drug-likeness (QED) is 0.477. The summed E-state index contributed by atoms with van der Waals surface area (Å²) in [5, 5.41) is 0.683. The topological polar surface area (TPSA) is 41.9 Å². The summed E-state index contributed by atoms with van der Waals surface area (Å²) in [5.41, 5.74) is 2.83. The first kappa shape index (κ1) is 20.0. The van der Waals surface area contributed by atoms with Crippen LogP contribution in [0.2, 0.25) is 0 Å². The van der Waals surface area contributed by atoms with Crippen LogP contribution in [0.15, 0.2) is 94.8 Å². The van der Waals surface area contributed by atoms with Crippen molar-refractivity contribution in [1.29, 1.82) is 0 Å². The first-order valence-electron chi connectivity index (χ1n) is 9.71. The van der Waals surface area contributed by atoms with Gasteiger partial charge in [0.25, 0.3) is 5.91 Å². The molecule has 150 valence electrons. The molecule has 0 aromatic heterocycles. The van der Waals surface area contributed by atoms with E-state index in [2.05, 4.69) is 0 Å². The fourth-order valence-corrected chi connectivity index (χ4v) is 4.32. The number of para-hydroxylation sites is 1. The molecule has 5 heteroatoms. The van der Waals surface area contributed by atoms with Crippen molar-refractivity contribution in [2.45, 2.75) is 13.0 Å². The molecule has 0 radical (unpaired) electrons. The van der Waals surface area contributed by atoms with Gasteiger partial charge >= 0.3 is 0 Å². The Balaban J connectivity index is 1.72. The molecular formula is C25H22N2O2S. The molecule has 3 aromatic carbocycles. The molecule has 1 amide bonds. The number of ether oxygens (including phenoxy) is 1. The lowest BCUT2D eigenvalue weighted by Gasteiger charge is -2.24. The molecule has 4 nitrogen and oxygen atoms in total. The zero-order valence-corrected chi connectivity index (χ0v) is 17.7. The molecule has 0 bridgehead atoms. The van der Waals surface area contributed by atoms with Gasteiger partial charge < -0.3 is 4.74 Å². The van der Waals surface area contributed by atoms with E-state index in [1.807, 2.05) is 97.9 Å². The molecular weight excluding hydrogens is 392 g/mol. The molecule has 1 heterocycles. The maximum absolute atomic E-state index is 13.4. The summed E-state index contributed by atoms with van der Waals surface area (Å²) >= 11 is 1.41. The van der Waals surface area contributed by atoms with Gasteiger partial charge in [-0.25, -0.2) is 4.99 Å². The van der Waals surface area contributed by atoms with E-state index < -0.39 is 0 Å². The molecule has 0 aliphatic carbocycles. The lowest BCUT2D eigenvalue weighted by Crippen LogP contribution is -2.32. The van der Waals surface area contributed by atoms with Crippen LogP contribution in [0.4, 0.5) is 5.69 Å². The van der Waals surface area contributed by atoms with Crippen molar-refractivity contribution in [1.82, 2.24) is 4.90 Å². The van der Waals surface area contributed by atoms with Crippen molar-refractivity contribution in [3.63, 3.8) is 0 Å². The zero-order valence-electron chi connectivity index (χ0n) is 16.9. The molecule has 4 rings (SSSR count). The van der Waals surface area contributed by atoms with Crippen LogP contribution in [0.25, 0.3) is 6.08 Å². The number of carbonyl (C=O) groups is 1. The number of rotatable bonds is 5. The Hall–Kier alpha value is -3.31. The Labute approximate surface area is 180 Å². The second-order valence-electron chi connectivity index (χ2n) is 6.88. The molecule has 0 saturated carbocycles. The van der Waals surface area contributed by atoms with E-state index in [1.165, 1.54) is 11.8 Å². The highest BCUT2D eigenvalue weighted by atomic mass is 32.2. The standard InChI is InChI=1S/C25H22N2O2S/c1-18(20-9-5-3-6-10-20)27-24(28)23(17-19-13-15-22(29-2)16-14-19)30-25(27)26-21-11-7-4-8-12-21/h3-18H,1-2H3/b23-17+,26-25?/t18-/m1/s1. The van der Waals surface area contributed by atoms with Crippen molar-refractivity contribution in [2.75, 3.05) is 7.11 Å². The molecule has 1 saturated heterocycles. The molecule has 0 N–H and O–H groups in total. The summed E-state index contributed by atoms with van der Waals surface area (Å²) in [6.07, 6.45) is 1.91. The van der Waals surface area contributed by atoms with Gasteiger partial charge in [0.1, 0.15) is 5.75 Å².